The highest BCUT2D eigenvalue weighted by atomic mass is 32.2. The predicted octanol–water partition coefficient (Wildman–Crippen LogP) is 4.70. The smallest absolute Gasteiger partial charge is 0.307 e. The summed E-state index contributed by atoms with van der Waals surface area (Å²) in [4.78, 5) is 40.8. The third kappa shape index (κ3) is 9.14. The number of hydrogen-bond acceptors (Lipinski definition) is 7. The van der Waals surface area contributed by atoms with Gasteiger partial charge in [-0.3, -0.25) is 19.4 Å². The van der Waals surface area contributed by atoms with Gasteiger partial charge < -0.3 is 20.9 Å². The molecule has 1 aromatic carbocycles. The largest absolute Gasteiger partial charge is 0.481 e. The Balaban J connectivity index is 1.43. The standard InChI is InChI=1S/C26H35N3O5S/c27-22-8-7-19(24(30)15-20(26(32)33)13-18-9-10-28-16-18)14-23(22)29-25(31)17-35-12-4-11-34-21-5-2-1-3-6-21/h7-8,10,14,16,20-21H,1-6,9,11-13,15,17,27H2,(H,29,31)(H,32,33). The molecule has 1 amide bonds. The lowest BCUT2D eigenvalue weighted by Gasteiger charge is -2.21. The van der Waals surface area contributed by atoms with Gasteiger partial charge in [-0.05, 0) is 55.2 Å². The molecule has 2 aliphatic rings. The van der Waals surface area contributed by atoms with Gasteiger partial charge in [0.25, 0.3) is 0 Å². The molecule has 190 valence electrons. The van der Waals surface area contributed by atoms with E-state index in [0.29, 0.717) is 29.5 Å². The summed E-state index contributed by atoms with van der Waals surface area (Å²) >= 11 is 1.53. The minimum absolute atomic E-state index is 0.136. The van der Waals surface area contributed by atoms with E-state index in [-0.39, 0.29) is 30.3 Å². The van der Waals surface area contributed by atoms with Crippen LogP contribution in [0.5, 0.6) is 0 Å². The number of allylic oxidation sites excluding steroid dienone is 1. The molecule has 9 heteroatoms. The first-order valence-electron chi connectivity index (χ1n) is 12.3. The van der Waals surface area contributed by atoms with Crippen molar-refractivity contribution in [2.75, 3.05) is 29.2 Å². The van der Waals surface area contributed by atoms with Crippen molar-refractivity contribution in [1.82, 2.24) is 0 Å². The van der Waals surface area contributed by atoms with E-state index in [1.807, 2.05) is 0 Å². The fourth-order valence-electron chi connectivity index (χ4n) is 4.25. The normalized spacial score (nSPS) is 16.6. The number of nitrogens with zero attached hydrogens (tertiary/aromatic N) is 1. The first kappa shape index (κ1) is 26.9. The third-order valence-electron chi connectivity index (χ3n) is 6.23. The Kier molecular flexibility index (Phi) is 10.8. The topological polar surface area (TPSA) is 131 Å². The van der Waals surface area contributed by atoms with Crippen LogP contribution >= 0.6 is 11.8 Å². The molecule has 0 bridgehead atoms. The Labute approximate surface area is 210 Å². The molecule has 8 nitrogen and oxygen atoms in total. The minimum atomic E-state index is -1.02. The number of ether oxygens (including phenoxy) is 1. The molecular formula is C26H35N3O5S. The van der Waals surface area contributed by atoms with Crippen LogP contribution in [0, 0.1) is 5.92 Å². The molecule has 1 aliphatic heterocycles. The van der Waals surface area contributed by atoms with Crippen molar-refractivity contribution in [2.24, 2.45) is 10.9 Å². The molecule has 0 aromatic heterocycles. The van der Waals surface area contributed by atoms with Gasteiger partial charge in [0.2, 0.25) is 5.91 Å². The number of aliphatic imine (C=N–C) groups is 1. The van der Waals surface area contributed by atoms with E-state index < -0.39 is 11.9 Å². The summed E-state index contributed by atoms with van der Waals surface area (Å²) in [6, 6.07) is 4.64. The molecule has 1 aliphatic carbocycles. The van der Waals surface area contributed by atoms with Crippen LogP contribution in [0.15, 0.2) is 35.0 Å². The summed E-state index contributed by atoms with van der Waals surface area (Å²) in [6.07, 6.45) is 11.5. The number of nitrogens with one attached hydrogen (secondary N) is 1. The summed E-state index contributed by atoms with van der Waals surface area (Å²) in [5, 5.41) is 12.3. The summed E-state index contributed by atoms with van der Waals surface area (Å²) in [5.74, 6) is -1.25. The van der Waals surface area contributed by atoms with Crippen molar-refractivity contribution in [3.05, 3.63) is 35.5 Å². The number of rotatable bonds is 14. The maximum atomic E-state index is 12.8. The Morgan fingerprint density at radius 2 is 2.03 bits per heavy atom. The third-order valence-corrected chi connectivity index (χ3v) is 7.27. The number of carbonyl (C=O) groups is 3. The number of carbonyl (C=O) groups excluding carboxylic acids is 2. The van der Waals surface area contributed by atoms with Crippen LogP contribution in [0.3, 0.4) is 0 Å². The summed E-state index contributed by atoms with van der Waals surface area (Å²) in [6.45, 7) is 0.720. The summed E-state index contributed by atoms with van der Waals surface area (Å²) < 4.78 is 5.91. The van der Waals surface area contributed by atoms with Crippen LogP contribution in [0.1, 0.15) is 68.1 Å². The number of carboxylic acid groups (broad SMARTS) is 1. The van der Waals surface area contributed by atoms with Crippen LogP contribution in [0.4, 0.5) is 11.4 Å². The van der Waals surface area contributed by atoms with Gasteiger partial charge in [-0.25, -0.2) is 0 Å². The second-order valence-corrected chi connectivity index (χ2v) is 10.2. The number of anilines is 2. The Morgan fingerprint density at radius 1 is 1.23 bits per heavy atom. The van der Waals surface area contributed by atoms with E-state index in [1.54, 1.807) is 24.5 Å². The van der Waals surface area contributed by atoms with Gasteiger partial charge in [0.1, 0.15) is 0 Å². The number of carboxylic acids is 1. The van der Waals surface area contributed by atoms with E-state index in [0.717, 1.165) is 37.2 Å². The molecule has 1 heterocycles. The first-order chi connectivity index (χ1) is 16.9. The molecule has 0 radical (unpaired) electrons. The molecule has 1 fully saturated rings. The number of ketones is 1. The lowest BCUT2D eigenvalue weighted by Crippen LogP contribution is -2.19. The fourth-order valence-corrected chi connectivity index (χ4v) is 4.98. The van der Waals surface area contributed by atoms with Crippen molar-refractivity contribution < 1.29 is 24.2 Å². The molecule has 1 aromatic rings. The van der Waals surface area contributed by atoms with E-state index in [2.05, 4.69) is 10.3 Å². The van der Waals surface area contributed by atoms with Crippen LogP contribution < -0.4 is 11.1 Å². The molecule has 1 saturated carbocycles. The molecule has 0 spiro atoms. The minimum Gasteiger partial charge on any atom is -0.481 e. The second kappa shape index (κ2) is 14.0. The van der Waals surface area contributed by atoms with Crippen LogP contribution in [-0.4, -0.2) is 53.2 Å². The van der Waals surface area contributed by atoms with E-state index in [9.17, 15) is 19.5 Å². The highest BCUT2D eigenvalue weighted by Gasteiger charge is 2.24. The summed E-state index contributed by atoms with van der Waals surface area (Å²) in [5.41, 5.74) is 7.93. The van der Waals surface area contributed by atoms with Gasteiger partial charge in [-0.2, -0.15) is 11.8 Å². The van der Waals surface area contributed by atoms with Crippen LogP contribution in [-0.2, 0) is 14.3 Å². The van der Waals surface area contributed by atoms with Gasteiger partial charge >= 0.3 is 5.97 Å². The molecule has 0 saturated heterocycles. The van der Waals surface area contributed by atoms with E-state index in [4.69, 9.17) is 10.5 Å². The highest BCUT2D eigenvalue weighted by Crippen LogP contribution is 2.26. The second-order valence-electron chi connectivity index (χ2n) is 9.08. The zero-order chi connectivity index (χ0) is 25.0. The van der Waals surface area contributed by atoms with E-state index in [1.165, 1.54) is 37.1 Å². The van der Waals surface area contributed by atoms with Crippen LogP contribution in [0.2, 0.25) is 0 Å². The average Bonchev–Trinajstić information content (AvgIpc) is 3.36. The number of thioether (sulfide) groups is 1. The molecule has 4 N–H and O–H groups in total. The maximum Gasteiger partial charge on any atom is 0.307 e. The van der Waals surface area contributed by atoms with Crippen molar-refractivity contribution in [2.45, 2.75) is 63.9 Å². The highest BCUT2D eigenvalue weighted by molar-refractivity contribution is 7.99. The quantitative estimate of drug-likeness (QED) is 0.191. The Bertz CT molecular complexity index is 956. The van der Waals surface area contributed by atoms with Crippen molar-refractivity contribution in [3.8, 4) is 0 Å². The number of Topliss-reactive ketones (excluding diaryl/α,β-unsaturated/α-hetero) is 1. The van der Waals surface area contributed by atoms with Crippen LogP contribution in [0.25, 0.3) is 0 Å². The monoisotopic (exact) mass is 501 g/mol. The number of benzene rings is 1. The maximum absolute atomic E-state index is 12.8. The SMILES string of the molecule is Nc1ccc(C(=O)CC(CC2=CN=CC2)C(=O)O)cc1NC(=O)CSCCCOC1CCCCC1. The van der Waals surface area contributed by atoms with Gasteiger partial charge in [0.15, 0.2) is 5.78 Å². The molecule has 1 atom stereocenters. The van der Waals surface area contributed by atoms with E-state index >= 15 is 0 Å². The van der Waals surface area contributed by atoms with Gasteiger partial charge in [0, 0.05) is 37.4 Å². The summed E-state index contributed by atoms with van der Waals surface area (Å²) in [7, 11) is 0. The van der Waals surface area contributed by atoms with Gasteiger partial charge in [-0.15, -0.1) is 0 Å². The molecule has 3 rings (SSSR count). The number of nitrogens with two attached hydrogens (primary N) is 1. The van der Waals surface area contributed by atoms with Crippen molar-refractivity contribution in [1.29, 1.82) is 0 Å². The lowest BCUT2D eigenvalue weighted by atomic mass is 9.91. The fraction of sp³-hybridized carbons (Fsp3) is 0.538. The number of amides is 1. The molecule has 35 heavy (non-hydrogen) atoms. The van der Waals surface area contributed by atoms with Gasteiger partial charge in [0.05, 0.1) is 29.1 Å². The van der Waals surface area contributed by atoms with Crippen molar-refractivity contribution >= 4 is 47.0 Å². The Morgan fingerprint density at radius 3 is 2.74 bits per heavy atom. The van der Waals surface area contributed by atoms with Crippen molar-refractivity contribution in [3.63, 3.8) is 0 Å². The zero-order valence-electron chi connectivity index (χ0n) is 20.0. The number of hydrogen-bond donors (Lipinski definition) is 3. The predicted molar refractivity (Wildman–Crippen MR) is 140 cm³/mol. The average molecular weight is 502 g/mol. The van der Waals surface area contributed by atoms with Gasteiger partial charge in [-0.1, -0.05) is 19.3 Å². The number of nitrogen functional groups attached to an aromatic ring is 1. The molecular weight excluding hydrogens is 466 g/mol. The molecule has 1 unspecified atom stereocenters. The lowest BCUT2D eigenvalue weighted by molar-refractivity contribution is -0.141. The Hall–Kier alpha value is -2.65. The first-order valence-corrected chi connectivity index (χ1v) is 13.4. The zero-order valence-corrected chi connectivity index (χ0v) is 20.9. The number of aliphatic carboxylic acids is 1.